The summed E-state index contributed by atoms with van der Waals surface area (Å²) in [4.78, 5) is 21.2. The van der Waals surface area contributed by atoms with Crippen molar-refractivity contribution < 1.29 is 28.0 Å². The highest BCUT2D eigenvalue weighted by Gasteiger charge is 2.38. The van der Waals surface area contributed by atoms with E-state index in [-0.39, 0.29) is 10.9 Å². The van der Waals surface area contributed by atoms with E-state index in [9.17, 15) is 33.2 Å². The maximum absolute atomic E-state index is 12.8. The zero-order valence-corrected chi connectivity index (χ0v) is 12.4. The summed E-state index contributed by atoms with van der Waals surface area (Å²) in [5.41, 5.74) is -4.28. The second-order valence-corrected chi connectivity index (χ2v) is 5.17. The summed E-state index contributed by atoms with van der Waals surface area (Å²) >= 11 is 2.92. The highest BCUT2D eigenvalue weighted by Crippen LogP contribution is 2.36. The van der Waals surface area contributed by atoms with Gasteiger partial charge in [-0.3, -0.25) is 14.9 Å². The molecule has 0 aliphatic rings. The van der Waals surface area contributed by atoms with Gasteiger partial charge in [-0.15, -0.1) is 0 Å². The number of benzene rings is 1. The van der Waals surface area contributed by atoms with Crippen LogP contribution in [0.5, 0.6) is 0 Å². The summed E-state index contributed by atoms with van der Waals surface area (Å²) in [7, 11) is 0. The minimum Gasteiger partial charge on any atom is -0.381 e. The largest absolute Gasteiger partial charge is 0.423 e. The standard InChI is InChI=1S/C12H11BrF3NO4/c1-11(19,6-13)10(18)5-7-2-3-9(17(20)21)8(4-7)12(14,15)16/h2-4,19H,5-6H2,1H3/t11-/m0/s1. The van der Waals surface area contributed by atoms with E-state index in [4.69, 9.17) is 0 Å². The van der Waals surface area contributed by atoms with Gasteiger partial charge in [0.05, 0.1) is 4.92 Å². The number of nitrogens with zero attached hydrogens (tertiary/aromatic N) is 1. The number of nitro groups is 1. The Morgan fingerprint density at radius 2 is 2.00 bits per heavy atom. The van der Waals surface area contributed by atoms with Crippen LogP contribution in [0.4, 0.5) is 18.9 Å². The fourth-order valence-electron chi connectivity index (χ4n) is 1.53. The van der Waals surface area contributed by atoms with Gasteiger partial charge in [0.2, 0.25) is 0 Å². The van der Waals surface area contributed by atoms with Crippen molar-refractivity contribution in [3.8, 4) is 0 Å². The van der Waals surface area contributed by atoms with E-state index in [1.807, 2.05) is 0 Å². The SMILES string of the molecule is C[C@](O)(CBr)C(=O)Cc1ccc([N+](=O)[O-])c(C(F)(F)F)c1. The Balaban J connectivity index is 3.18. The van der Waals surface area contributed by atoms with E-state index in [1.54, 1.807) is 0 Å². The molecule has 1 N–H and O–H groups in total. The van der Waals surface area contributed by atoms with Crippen molar-refractivity contribution in [3.63, 3.8) is 0 Å². The fraction of sp³-hybridized carbons (Fsp3) is 0.417. The molecule has 0 spiro atoms. The minimum absolute atomic E-state index is 0.0563. The van der Waals surface area contributed by atoms with E-state index >= 15 is 0 Å². The summed E-state index contributed by atoms with van der Waals surface area (Å²) < 4.78 is 38.3. The van der Waals surface area contributed by atoms with E-state index in [0.717, 1.165) is 6.07 Å². The Labute approximate surface area is 126 Å². The molecule has 0 amide bonds. The van der Waals surface area contributed by atoms with E-state index < -0.39 is 40.2 Å². The van der Waals surface area contributed by atoms with Crippen molar-refractivity contribution in [1.82, 2.24) is 0 Å². The van der Waals surface area contributed by atoms with Crippen LogP contribution in [0, 0.1) is 10.1 Å². The topological polar surface area (TPSA) is 80.4 Å². The summed E-state index contributed by atoms with van der Waals surface area (Å²) in [5, 5.41) is 20.2. The van der Waals surface area contributed by atoms with Crippen molar-refractivity contribution >= 4 is 27.4 Å². The third-order valence-electron chi connectivity index (χ3n) is 2.79. The van der Waals surface area contributed by atoms with E-state index in [1.165, 1.54) is 6.92 Å². The van der Waals surface area contributed by atoms with Crippen molar-refractivity contribution in [2.75, 3.05) is 5.33 Å². The van der Waals surface area contributed by atoms with Crippen molar-refractivity contribution in [2.45, 2.75) is 25.1 Å². The number of Topliss-reactive ketones (excluding diaryl/α,β-unsaturated/α-hetero) is 1. The number of rotatable bonds is 5. The fourth-order valence-corrected chi connectivity index (χ4v) is 1.84. The average molecular weight is 370 g/mol. The number of carbonyl (C=O) groups is 1. The van der Waals surface area contributed by atoms with Gasteiger partial charge in [-0.25, -0.2) is 0 Å². The molecule has 0 aliphatic carbocycles. The molecule has 0 bridgehead atoms. The molecule has 116 valence electrons. The molecule has 5 nitrogen and oxygen atoms in total. The van der Waals surface area contributed by atoms with Crippen LogP contribution in [0.2, 0.25) is 0 Å². The Kier molecular flexibility index (Phi) is 5.11. The second kappa shape index (κ2) is 6.10. The number of aliphatic hydroxyl groups is 1. The molecule has 1 atom stereocenters. The second-order valence-electron chi connectivity index (χ2n) is 4.61. The lowest BCUT2D eigenvalue weighted by atomic mass is 9.96. The van der Waals surface area contributed by atoms with Crippen LogP contribution >= 0.6 is 15.9 Å². The number of alkyl halides is 4. The highest BCUT2D eigenvalue weighted by atomic mass is 79.9. The molecule has 1 aromatic carbocycles. The van der Waals surface area contributed by atoms with Gasteiger partial charge in [0, 0.05) is 17.8 Å². The number of hydrogen-bond acceptors (Lipinski definition) is 4. The van der Waals surface area contributed by atoms with Crippen molar-refractivity contribution in [2.24, 2.45) is 0 Å². The molecule has 0 saturated carbocycles. The van der Waals surface area contributed by atoms with Crippen LogP contribution in [0.1, 0.15) is 18.1 Å². The Bertz CT molecular complexity index is 572. The molecule has 0 aromatic heterocycles. The molecule has 0 radical (unpaired) electrons. The third-order valence-corrected chi connectivity index (χ3v) is 3.88. The summed E-state index contributed by atoms with van der Waals surface area (Å²) in [6, 6.07) is 2.32. The first-order valence-electron chi connectivity index (χ1n) is 5.65. The Morgan fingerprint density at radius 3 is 2.43 bits per heavy atom. The average Bonchev–Trinajstić information content (AvgIpc) is 2.37. The zero-order chi connectivity index (χ0) is 16.4. The van der Waals surface area contributed by atoms with Crippen molar-refractivity contribution in [3.05, 3.63) is 39.4 Å². The monoisotopic (exact) mass is 369 g/mol. The van der Waals surface area contributed by atoms with Crippen LogP contribution in [-0.4, -0.2) is 26.7 Å². The maximum atomic E-state index is 12.8. The van der Waals surface area contributed by atoms with Crippen LogP contribution in [0.3, 0.4) is 0 Å². The first-order chi connectivity index (χ1) is 9.49. The number of nitro benzene ring substituents is 1. The van der Waals surface area contributed by atoms with Gasteiger partial charge >= 0.3 is 6.18 Å². The molecular formula is C12H11BrF3NO4. The van der Waals surface area contributed by atoms with Gasteiger partial charge in [0.25, 0.3) is 5.69 Å². The normalized spacial score (nSPS) is 14.6. The molecular weight excluding hydrogens is 359 g/mol. The first kappa shape index (κ1) is 17.6. The lowest BCUT2D eigenvalue weighted by Crippen LogP contribution is -2.38. The molecule has 1 rings (SSSR count). The Hall–Kier alpha value is -1.48. The van der Waals surface area contributed by atoms with Crippen LogP contribution in [0.15, 0.2) is 18.2 Å². The van der Waals surface area contributed by atoms with Crippen LogP contribution in [-0.2, 0) is 17.4 Å². The van der Waals surface area contributed by atoms with Gasteiger partial charge in [-0.05, 0) is 18.6 Å². The summed E-state index contributed by atoms with van der Waals surface area (Å²) in [5.74, 6) is -0.693. The van der Waals surface area contributed by atoms with Gasteiger partial charge in [0.15, 0.2) is 5.78 Å². The maximum Gasteiger partial charge on any atom is 0.423 e. The van der Waals surface area contributed by atoms with Gasteiger partial charge in [0.1, 0.15) is 11.2 Å². The molecule has 21 heavy (non-hydrogen) atoms. The number of halogens is 4. The molecule has 9 heteroatoms. The van der Waals surface area contributed by atoms with E-state index in [2.05, 4.69) is 15.9 Å². The van der Waals surface area contributed by atoms with Gasteiger partial charge in [-0.1, -0.05) is 22.0 Å². The summed E-state index contributed by atoms with van der Waals surface area (Å²) in [6.07, 6.45) is -5.36. The predicted octanol–water partition coefficient (Wildman–Crippen LogP) is 2.87. The van der Waals surface area contributed by atoms with Gasteiger partial charge < -0.3 is 5.11 Å². The van der Waals surface area contributed by atoms with Gasteiger partial charge in [-0.2, -0.15) is 13.2 Å². The minimum atomic E-state index is -4.90. The number of hydrogen-bond donors (Lipinski definition) is 1. The van der Waals surface area contributed by atoms with Crippen LogP contribution < -0.4 is 0 Å². The Morgan fingerprint density at radius 1 is 1.43 bits per heavy atom. The smallest absolute Gasteiger partial charge is 0.381 e. The van der Waals surface area contributed by atoms with E-state index in [0.29, 0.717) is 12.1 Å². The molecule has 0 fully saturated rings. The quantitative estimate of drug-likeness (QED) is 0.491. The predicted molar refractivity (Wildman–Crippen MR) is 71.2 cm³/mol. The summed E-state index contributed by atoms with van der Waals surface area (Å²) in [6.45, 7) is 1.22. The third kappa shape index (κ3) is 4.24. The zero-order valence-electron chi connectivity index (χ0n) is 10.8. The molecule has 0 aliphatic heterocycles. The molecule has 1 aromatic rings. The number of carbonyl (C=O) groups excluding carboxylic acids is 1. The molecule has 0 saturated heterocycles. The molecule has 0 heterocycles. The lowest BCUT2D eigenvalue weighted by Gasteiger charge is -2.18. The van der Waals surface area contributed by atoms with Crippen LogP contribution in [0.25, 0.3) is 0 Å². The lowest BCUT2D eigenvalue weighted by molar-refractivity contribution is -0.388. The van der Waals surface area contributed by atoms with Crippen molar-refractivity contribution in [1.29, 1.82) is 0 Å². The first-order valence-corrected chi connectivity index (χ1v) is 6.77. The number of ketones is 1. The molecule has 0 unspecified atom stereocenters. The highest BCUT2D eigenvalue weighted by molar-refractivity contribution is 9.09.